The van der Waals surface area contributed by atoms with Gasteiger partial charge in [-0.25, -0.2) is 9.97 Å². The second-order valence-corrected chi connectivity index (χ2v) is 12.7. The van der Waals surface area contributed by atoms with Gasteiger partial charge in [0.25, 0.3) is 0 Å². The molecule has 0 spiro atoms. The summed E-state index contributed by atoms with van der Waals surface area (Å²) in [7, 11) is 0. The molecule has 2 aliphatic heterocycles. The lowest BCUT2D eigenvalue weighted by atomic mass is 9.98. The summed E-state index contributed by atoms with van der Waals surface area (Å²) in [6.07, 6.45) is 4.86. The van der Waals surface area contributed by atoms with Gasteiger partial charge in [0, 0.05) is 59.1 Å². The van der Waals surface area contributed by atoms with Crippen molar-refractivity contribution in [3.8, 4) is 0 Å². The Balaban J connectivity index is 1.72. The summed E-state index contributed by atoms with van der Waals surface area (Å²) in [5.41, 5.74) is 14.5. The molecule has 0 saturated carbocycles. The standard InChI is InChI=1S/C40H48N6O3/c1-9-27-23(5)31-19-32-25(7)29(13-15-39(47)41-17-18-46(11-3)12-4)37(44-32)22-38-30(14-16-40(48)49)26(8)34(45-38)21-36-28(10-2)24(6)33(43-36)20-35(27)42-31/h9-10,19-22,42-43H,1-2,11-18H2,3-8H3,(H,41,47)(H,48,49). The lowest BCUT2D eigenvalue weighted by Gasteiger charge is -2.18. The number of hydrogen-bond acceptors (Lipinski definition) is 5. The predicted molar refractivity (Wildman–Crippen MR) is 203 cm³/mol. The number of aromatic amines is 2. The van der Waals surface area contributed by atoms with Crippen LogP contribution in [-0.4, -0.2) is 68.0 Å². The van der Waals surface area contributed by atoms with Crippen molar-refractivity contribution in [2.75, 3.05) is 26.2 Å². The Bertz CT molecular complexity index is 2050. The molecule has 0 atom stereocenters. The molecular formula is C40H48N6O3. The van der Waals surface area contributed by atoms with E-state index in [2.05, 4.69) is 73.2 Å². The van der Waals surface area contributed by atoms with Gasteiger partial charge in [-0.15, -0.1) is 0 Å². The topological polar surface area (TPSA) is 127 Å². The number of hydrogen-bond donors (Lipinski definition) is 4. The lowest BCUT2D eigenvalue weighted by molar-refractivity contribution is -0.136. The molecule has 2 aliphatic rings. The van der Waals surface area contributed by atoms with Gasteiger partial charge in [0.05, 0.1) is 22.8 Å². The molecule has 9 heteroatoms. The van der Waals surface area contributed by atoms with E-state index < -0.39 is 5.97 Å². The normalized spacial score (nSPS) is 13.0. The molecule has 8 bridgehead atoms. The number of nitrogens with one attached hydrogen (secondary N) is 3. The predicted octanol–water partition coefficient (Wildman–Crippen LogP) is 8.18. The number of aliphatic carboxylic acids is 1. The van der Waals surface area contributed by atoms with Gasteiger partial charge >= 0.3 is 5.97 Å². The van der Waals surface area contributed by atoms with Crippen molar-refractivity contribution in [3.05, 3.63) is 82.5 Å². The second kappa shape index (κ2) is 15.0. The largest absolute Gasteiger partial charge is 0.481 e. The quantitative estimate of drug-likeness (QED) is 0.146. The zero-order valence-electron chi connectivity index (χ0n) is 29.6. The van der Waals surface area contributed by atoms with Crippen LogP contribution in [0.1, 0.15) is 98.4 Å². The summed E-state index contributed by atoms with van der Waals surface area (Å²) in [5, 5.41) is 12.7. The molecule has 4 N–H and O–H groups in total. The summed E-state index contributed by atoms with van der Waals surface area (Å²) in [5.74, 6) is -0.866. The Kier molecular flexibility index (Phi) is 10.8. The van der Waals surface area contributed by atoms with Crippen LogP contribution in [0.15, 0.2) is 37.4 Å². The van der Waals surface area contributed by atoms with Crippen molar-refractivity contribution >= 4 is 68.4 Å². The number of carbonyl (C=O) groups is 2. The smallest absolute Gasteiger partial charge is 0.303 e. The maximum absolute atomic E-state index is 13.0. The Labute approximate surface area is 288 Å². The monoisotopic (exact) mass is 660 g/mol. The van der Waals surface area contributed by atoms with Crippen molar-refractivity contribution < 1.29 is 14.7 Å². The van der Waals surface area contributed by atoms with Crippen LogP contribution < -0.4 is 5.32 Å². The van der Waals surface area contributed by atoms with Crippen molar-refractivity contribution in [2.24, 2.45) is 0 Å². The number of allylic oxidation sites excluding steroid dienone is 4. The van der Waals surface area contributed by atoms with Crippen LogP contribution in [0.5, 0.6) is 0 Å². The molecule has 3 aromatic heterocycles. The van der Waals surface area contributed by atoms with Crippen LogP contribution in [0.2, 0.25) is 0 Å². The van der Waals surface area contributed by atoms with Crippen molar-refractivity contribution in [1.82, 2.24) is 30.2 Å². The van der Waals surface area contributed by atoms with Crippen LogP contribution in [0.25, 0.3) is 56.5 Å². The highest BCUT2D eigenvalue weighted by Crippen LogP contribution is 2.38. The molecule has 0 aliphatic carbocycles. The summed E-state index contributed by atoms with van der Waals surface area (Å²) in [6, 6.07) is 8.12. The van der Waals surface area contributed by atoms with Crippen LogP contribution in [0.3, 0.4) is 0 Å². The lowest BCUT2D eigenvalue weighted by Crippen LogP contribution is -2.34. The third-order valence-corrected chi connectivity index (χ3v) is 9.88. The molecule has 3 aromatic rings. The molecule has 0 fully saturated rings. The van der Waals surface area contributed by atoms with E-state index in [1.165, 1.54) is 0 Å². The molecule has 0 radical (unpaired) electrons. The number of carboxylic acids is 1. The molecule has 0 aromatic carbocycles. The van der Waals surface area contributed by atoms with E-state index in [9.17, 15) is 14.7 Å². The first-order valence-electron chi connectivity index (χ1n) is 17.1. The Morgan fingerprint density at radius 1 is 0.755 bits per heavy atom. The van der Waals surface area contributed by atoms with Gasteiger partial charge in [-0.05, 0) is 111 Å². The third kappa shape index (κ3) is 7.37. The Morgan fingerprint density at radius 2 is 1.24 bits per heavy atom. The molecule has 0 unspecified atom stereocenters. The minimum Gasteiger partial charge on any atom is -0.481 e. The first-order valence-corrected chi connectivity index (χ1v) is 17.1. The SMILES string of the molecule is C=Cc1c(C)c2cc3[nH]c(cc4nc(cc5nc(cc1[nH]2)C(C)=C5CCC(=O)O)C(CCC(=O)NCCN(CC)CC)=C4C)c(C)c3C=C. The number of rotatable bonds is 13. The number of nitrogens with zero attached hydrogens (tertiary/aromatic N) is 3. The maximum Gasteiger partial charge on any atom is 0.303 e. The van der Waals surface area contributed by atoms with E-state index in [4.69, 9.17) is 9.97 Å². The summed E-state index contributed by atoms with van der Waals surface area (Å²) < 4.78 is 0. The number of H-pyrrole nitrogens is 2. The Hall–Kier alpha value is -5.02. The zero-order valence-corrected chi connectivity index (χ0v) is 29.6. The second-order valence-electron chi connectivity index (χ2n) is 12.7. The fraction of sp³-hybridized carbons (Fsp3) is 0.350. The number of aromatic nitrogens is 4. The maximum atomic E-state index is 13.0. The number of likely N-dealkylation sites (N-methyl/N-ethyl adjacent to an activating group) is 1. The van der Waals surface area contributed by atoms with E-state index in [1.807, 2.05) is 38.1 Å². The van der Waals surface area contributed by atoms with Crippen LogP contribution in [-0.2, 0) is 9.59 Å². The highest BCUT2D eigenvalue weighted by atomic mass is 16.4. The number of amides is 1. The number of carbonyl (C=O) groups excluding carboxylic acids is 1. The average Bonchev–Trinajstić information content (AvgIpc) is 3.73. The van der Waals surface area contributed by atoms with Gasteiger partial charge in [0.15, 0.2) is 0 Å². The average molecular weight is 661 g/mol. The molecule has 49 heavy (non-hydrogen) atoms. The highest BCUT2D eigenvalue weighted by molar-refractivity contribution is 5.97. The fourth-order valence-electron chi connectivity index (χ4n) is 6.75. The minimum absolute atomic E-state index is 0.00148. The van der Waals surface area contributed by atoms with Gasteiger partial charge in [-0.1, -0.05) is 39.2 Å². The summed E-state index contributed by atoms with van der Waals surface area (Å²) in [4.78, 5) is 44.3. The molecule has 5 rings (SSSR count). The zero-order chi connectivity index (χ0) is 35.4. The Morgan fingerprint density at radius 3 is 1.76 bits per heavy atom. The first-order chi connectivity index (χ1) is 23.5. The molecule has 256 valence electrons. The van der Waals surface area contributed by atoms with E-state index >= 15 is 0 Å². The van der Waals surface area contributed by atoms with Crippen molar-refractivity contribution in [1.29, 1.82) is 0 Å². The van der Waals surface area contributed by atoms with Crippen LogP contribution in [0, 0.1) is 13.8 Å². The van der Waals surface area contributed by atoms with Gasteiger partial charge in [-0.2, -0.15) is 0 Å². The first kappa shape index (κ1) is 35.3. The molecule has 1 amide bonds. The summed E-state index contributed by atoms with van der Waals surface area (Å²) >= 11 is 0. The van der Waals surface area contributed by atoms with Gasteiger partial charge < -0.3 is 25.3 Å². The third-order valence-electron chi connectivity index (χ3n) is 9.88. The number of carboxylic acid groups (broad SMARTS) is 1. The molecule has 9 nitrogen and oxygen atoms in total. The van der Waals surface area contributed by atoms with Crippen molar-refractivity contribution in [3.63, 3.8) is 0 Å². The van der Waals surface area contributed by atoms with Gasteiger partial charge in [0.1, 0.15) is 0 Å². The fourth-order valence-corrected chi connectivity index (χ4v) is 6.75. The highest BCUT2D eigenvalue weighted by Gasteiger charge is 2.23. The minimum atomic E-state index is -0.865. The van der Waals surface area contributed by atoms with Gasteiger partial charge in [0.2, 0.25) is 5.91 Å². The van der Waals surface area contributed by atoms with E-state index in [0.717, 1.165) is 103 Å². The molecular weight excluding hydrogens is 612 g/mol. The van der Waals surface area contributed by atoms with E-state index in [0.29, 0.717) is 31.5 Å². The molecule has 5 heterocycles. The number of aryl methyl sites for hydroxylation is 2. The van der Waals surface area contributed by atoms with Crippen LogP contribution >= 0.6 is 0 Å². The van der Waals surface area contributed by atoms with E-state index in [-0.39, 0.29) is 12.3 Å². The van der Waals surface area contributed by atoms with Crippen LogP contribution in [0.4, 0.5) is 0 Å². The summed E-state index contributed by atoms with van der Waals surface area (Å²) in [6.45, 7) is 23.9. The van der Waals surface area contributed by atoms with Gasteiger partial charge in [-0.3, -0.25) is 9.59 Å². The van der Waals surface area contributed by atoms with E-state index in [1.54, 1.807) is 0 Å². The van der Waals surface area contributed by atoms with Crippen molar-refractivity contribution in [2.45, 2.75) is 67.2 Å². The number of fused-ring (bicyclic) bond motifs is 8. The molecule has 0 saturated heterocycles.